The van der Waals surface area contributed by atoms with Gasteiger partial charge in [0, 0.05) is 23.8 Å². The number of unbranched alkanes of at least 4 members (excludes halogenated alkanes) is 2. The lowest BCUT2D eigenvalue weighted by molar-refractivity contribution is -0.119. The lowest BCUT2D eigenvalue weighted by Crippen LogP contribution is -2.44. The van der Waals surface area contributed by atoms with Crippen LogP contribution in [0.25, 0.3) is 0 Å². The van der Waals surface area contributed by atoms with E-state index in [2.05, 4.69) is 49.5 Å². The van der Waals surface area contributed by atoms with Gasteiger partial charge in [0.25, 0.3) is 0 Å². The number of carbonyl (C=O) groups excluding carboxylic acids is 1. The molecule has 1 aliphatic rings. The zero-order chi connectivity index (χ0) is 17.6. The van der Waals surface area contributed by atoms with Crippen LogP contribution in [-0.2, 0) is 4.79 Å². The molecule has 2 aromatic carbocycles. The Morgan fingerprint density at radius 3 is 2.56 bits per heavy atom. The Hall–Kier alpha value is -2.29. The van der Waals surface area contributed by atoms with Crippen molar-refractivity contribution in [3.05, 3.63) is 60.2 Å². The van der Waals surface area contributed by atoms with Crippen LogP contribution in [0.3, 0.4) is 0 Å². The third-order valence-electron chi connectivity index (χ3n) is 4.97. The van der Waals surface area contributed by atoms with Gasteiger partial charge in [-0.05, 0) is 43.5 Å². The van der Waals surface area contributed by atoms with E-state index in [9.17, 15) is 4.79 Å². The van der Waals surface area contributed by atoms with E-state index in [1.165, 1.54) is 5.56 Å². The van der Waals surface area contributed by atoms with Crippen molar-refractivity contribution in [1.82, 2.24) is 0 Å². The van der Waals surface area contributed by atoms with E-state index in [1.54, 1.807) is 0 Å². The number of anilines is 2. The first-order valence-corrected chi connectivity index (χ1v) is 9.43. The van der Waals surface area contributed by atoms with Gasteiger partial charge in [-0.1, -0.05) is 56.2 Å². The maximum Gasteiger partial charge on any atom is 0.227 e. The molecule has 0 radical (unpaired) electrons. The molecule has 2 atom stereocenters. The molecule has 1 aliphatic heterocycles. The first-order valence-electron chi connectivity index (χ1n) is 9.43. The molecule has 3 rings (SSSR count). The first kappa shape index (κ1) is 17.5. The third-order valence-corrected chi connectivity index (χ3v) is 4.97. The maximum atomic E-state index is 12.8. The van der Waals surface area contributed by atoms with Gasteiger partial charge < -0.3 is 10.2 Å². The van der Waals surface area contributed by atoms with E-state index in [0.717, 1.165) is 37.1 Å². The van der Waals surface area contributed by atoms with Crippen LogP contribution in [0.4, 0.5) is 11.4 Å². The lowest BCUT2D eigenvalue weighted by Gasteiger charge is -2.40. The molecule has 1 heterocycles. The van der Waals surface area contributed by atoms with Crippen LogP contribution in [0.5, 0.6) is 0 Å². The monoisotopic (exact) mass is 336 g/mol. The van der Waals surface area contributed by atoms with Crippen LogP contribution in [0.15, 0.2) is 54.6 Å². The molecule has 2 aromatic rings. The second-order valence-corrected chi connectivity index (χ2v) is 6.93. The molecular formula is C22H28N2O. The summed E-state index contributed by atoms with van der Waals surface area (Å²) in [7, 11) is 0. The smallest absolute Gasteiger partial charge is 0.227 e. The molecule has 2 unspecified atom stereocenters. The normalized spacial score (nSPS) is 19.4. The lowest BCUT2D eigenvalue weighted by atomic mass is 9.91. The number of fused-ring (bicyclic) bond motifs is 1. The van der Waals surface area contributed by atoms with Gasteiger partial charge in [-0.2, -0.15) is 0 Å². The second kappa shape index (κ2) is 8.19. The molecule has 132 valence electrons. The minimum atomic E-state index is 0.199. The molecule has 25 heavy (non-hydrogen) atoms. The zero-order valence-electron chi connectivity index (χ0n) is 15.2. The van der Waals surface area contributed by atoms with E-state index in [0.29, 0.717) is 6.42 Å². The minimum Gasteiger partial charge on any atom is -0.378 e. The summed E-state index contributed by atoms with van der Waals surface area (Å²) >= 11 is 0. The van der Waals surface area contributed by atoms with Gasteiger partial charge in [-0.25, -0.2) is 0 Å². The molecule has 0 aromatic heterocycles. The Morgan fingerprint density at radius 1 is 1.08 bits per heavy atom. The highest BCUT2D eigenvalue weighted by Gasteiger charge is 2.33. The number of nitrogens with one attached hydrogen (secondary N) is 1. The Bertz CT molecular complexity index is 698. The Kier molecular flexibility index (Phi) is 5.75. The summed E-state index contributed by atoms with van der Waals surface area (Å²) < 4.78 is 0. The quantitative estimate of drug-likeness (QED) is 0.702. The van der Waals surface area contributed by atoms with Gasteiger partial charge >= 0.3 is 0 Å². The molecule has 1 N–H and O–H groups in total. The summed E-state index contributed by atoms with van der Waals surface area (Å²) in [5, 5.41) is 3.64. The van der Waals surface area contributed by atoms with Crippen molar-refractivity contribution in [3.63, 3.8) is 0 Å². The van der Waals surface area contributed by atoms with Gasteiger partial charge in [-0.3, -0.25) is 4.79 Å². The van der Waals surface area contributed by atoms with Gasteiger partial charge in [0.05, 0.1) is 6.04 Å². The highest BCUT2D eigenvalue weighted by molar-refractivity contribution is 5.95. The van der Waals surface area contributed by atoms with Crippen LogP contribution in [0.1, 0.15) is 57.6 Å². The predicted molar refractivity (Wildman–Crippen MR) is 105 cm³/mol. The van der Waals surface area contributed by atoms with Crippen LogP contribution in [0, 0.1) is 0 Å². The van der Waals surface area contributed by atoms with Crippen molar-refractivity contribution in [3.8, 4) is 0 Å². The van der Waals surface area contributed by atoms with Crippen molar-refractivity contribution < 1.29 is 4.79 Å². The average Bonchev–Trinajstić information content (AvgIpc) is 2.63. The van der Waals surface area contributed by atoms with Crippen LogP contribution in [0.2, 0.25) is 0 Å². The Morgan fingerprint density at radius 2 is 1.80 bits per heavy atom. The SMILES string of the molecule is CCCCCC(=O)N1c2ccccc2C(Nc2ccccc2)CC1C. The summed E-state index contributed by atoms with van der Waals surface area (Å²) in [5.41, 5.74) is 3.40. The average molecular weight is 336 g/mol. The summed E-state index contributed by atoms with van der Waals surface area (Å²) in [6.45, 7) is 4.33. The highest BCUT2D eigenvalue weighted by Crippen LogP contribution is 2.39. The van der Waals surface area contributed by atoms with Crippen LogP contribution < -0.4 is 10.2 Å². The number of rotatable bonds is 6. The summed E-state index contributed by atoms with van der Waals surface area (Å²) in [6.07, 6.45) is 4.80. The summed E-state index contributed by atoms with van der Waals surface area (Å²) in [4.78, 5) is 14.8. The van der Waals surface area contributed by atoms with Crippen molar-refractivity contribution in [1.29, 1.82) is 0 Å². The largest absolute Gasteiger partial charge is 0.378 e. The topological polar surface area (TPSA) is 32.3 Å². The van der Waals surface area contributed by atoms with Crippen molar-refractivity contribution in [2.24, 2.45) is 0 Å². The maximum absolute atomic E-state index is 12.8. The number of nitrogens with zero attached hydrogens (tertiary/aromatic N) is 1. The van der Waals surface area contributed by atoms with E-state index in [-0.39, 0.29) is 18.0 Å². The molecule has 1 amide bonds. The molecule has 0 aliphatic carbocycles. The summed E-state index contributed by atoms with van der Waals surface area (Å²) in [5.74, 6) is 0.256. The van der Waals surface area contributed by atoms with E-state index in [4.69, 9.17) is 0 Å². The standard InChI is InChI=1S/C22H28N2O/c1-3-4-6-15-22(25)24-17(2)16-20(19-13-9-10-14-21(19)24)23-18-11-7-5-8-12-18/h5,7-14,17,20,23H,3-4,6,15-16H2,1-2H3. The van der Waals surface area contributed by atoms with Crippen LogP contribution in [-0.4, -0.2) is 11.9 Å². The number of benzene rings is 2. The molecular weight excluding hydrogens is 308 g/mol. The van der Waals surface area contributed by atoms with Crippen molar-refractivity contribution >= 4 is 17.3 Å². The molecule has 3 heteroatoms. The molecule has 3 nitrogen and oxygen atoms in total. The van der Waals surface area contributed by atoms with E-state index >= 15 is 0 Å². The zero-order valence-corrected chi connectivity index (χ0v) is 15.2. The van der Waals surface area contributed by atoms with Crippen molar-refractivity contribution in [2.45, 2.75) is 58.0 Å². The number of amides is 1. The number of hydrogen-bond donors (Lipinski definition) is 1. The van der Waals surface area contributed by atoms with Gasteiger partial charge in [0.2, 0.25) is 5.91 Å². The Balaban J connectivity index is 1.83. The number of carbonyl (C=O) groups is 1. The molecule has 0 saturated carbocycles. The fraction of sp³-hybridized carbons (Fsp3) is 0.409. The summed E-state index contributed by atoms with van der Waals surface area (Å²) in [6, 6.07) is 19.1. The number of hydrogen-bond acceptors (Lipinski definition) is 2. The fourth-order valence-corrected chi connectivity index (χ4v) is 3.71. The Labute approximate surface area is 151 Å². The molecule has 0 spiro atoms. The third kappa shape index (κ3) is 4.04. The highest BCUT2D eigenvalue weighted by atomic mass is 16.2. The van der Waals surface area contributed by atoms with Gasteiger partial charge in [0.15, 0.2) is 0 Å². The predicted octanol–water partition coefficient (Wildman–Crippen LogP) is 5.55. The first-order chi connectivity index (χ1) is 12.2. The molecule has 0 fully saturated rings. The van der Waals surface area contributed by atoms with E-state index in [1.807, 2.05) is 29.2 Å². The van der Waals surface area contributed by atoms with E-state index < -0.39 is 0 Å². The van der Waals surface area contributed by atoms with Crippen molar-refractivity contribution in [2.75, 3.05) is 10.2 Å². The fourth-order valence-electron chi connectivity index (χ4n) is 3.71. The molecule has 0 bridgehead atoms. The second-order valence-electron chi connectivity index (χ2n) is 6.93. The minimum absolute atomic E-state index is 0.199. The number of para-hydroxylation sites is 2. The van der Waals surface area contributed by atoms with Gasteiger partial charge in [-0.15, -0.1) is 0 Å². The molecule has 0 saturated heterocycles. The van der Waals surface area contributed by atoms with Gasteiger partial charge in [0.1, 0.15) is 0 Å². The van der Waals surface area contributed by atoms with Crippen LogP contribution >= 0.6 is 0 Å².